The van der Waals surface area contributed by atoms with Crippen molar-refractivity contribution in [2.75, 3.05) is 26.2 Å². The van der Waals surface area contributed by atoms with Crippen LogP contribution in [0.1, 0.15) is 18.1 Å². The molecule has 10 heteroatoms. The second kappa shape index (κ2) is 11.8. The first-order valence-electron chi connectivity index (χ1n) is 12.4. The van der Waals surface area contributed by atoms with E-state index in [4.69, 9.17) is 19.8 Å². The lowest BCUT2D eigenvalue weighted by Crippen LogP contribution is -2.48. The summed E-state index contributed by atoms with van der Waals surface area (Å²) in [6.07, 6.45) is 0. The predicted octanol–water partition coefficient (Wildman–Crippen LogP) is 3.62. The monoisotopic (exact) mass is 537 g/mol. The normalized spacial score (nSPS) is 14.8. The van der Waals surface area contributed by atoms with E-state index in [1.165, 1.54) is 27.4 Å². The van der Waals surface area contributed by atoms with E-state index >= 15 is 0 Å². The molecule has 4 aromatic rings. The molecule has 0 aliphatic carbocycles. The summed E-state index contributed by atoms with van der Waals surface area (Å²) in [6.45, 7) is 6.58. The third kappa shape index (κ3) is 6.21. The van der Waals surface area contributed by atoms with Gasteiger partial charge in [0, 0.05) is 61.1 Å². The largest absolute Gasteiger partial charge is 0.473 e. The van der Waals surface area contributed by atoms with Crippen LogP contribution in [0.3, 0.4) is 0 Å². The number of hydrogen-bond acceptors (Lipinski definition) is 5. The minimum atomic E-state index is -3.28. The molecule has 1 aliphatic heterocycles. The van der Waals surface area contributed by atoms with Crippen LogP contribution in [0.15, 0.2) is 72.8 Å². The maximum Gasteiger partial charge on any atom is 0.414 e. The Morgan fingerprint density at radius 2 is 1.37 bits per heavy atom. The summed E-state index contributed by atoms with van der Waals surface area (Å²) >= 11 is 0. The molecule has 1 fully saturated rings. The number of aliphatic carboxylic acids is 2. The van der Waals surface area contributed by atoms with Crippen molar-refractivity contribution in [3.63, 3.8) is 0 Å². The highest BCUT2D eigenvalue weighted by Crippen LogP contribution is 2.30. The number of carboxylic acid groups (broad SMARTS) is 2. The quantitative estimate of drug-likeness (QED) is 0.361. The number of benzene rings is 3. The molecule has 5 rings (SSSR count). The molecule has 1 aromatic heterocycles. The highest BCUT2D eigenvalue weighted by Gasteiger charge is 2.27. The van der Waals surface area contributed by atoms with Gasteiger partial charge in [-0.1, -0.05) is 54.6 Å². The summed E-state index contributed by atoms with van der Waals surface area (Å²) in [5.41, 5.74) is 4.67. The molecule has 200 valence electrons. The zero-order valence-corrected chi connectivity index (χ0v) is 22.0. The number of hydrogen-bond donors (Lipinski definition) is 2. The predicted molar refractivity (Wildman–Crippen MR) is 146 cm³/mol. The van der Waals surface area contributed by atoms with E-state index in [0.29, 0.717) is 13.1 Å². The van der Waals surface area contributed by atoms with Crippen LogP contribution in [0, 0.1) is 0 Å². The standard InChI is InChI=1S/C26H29N3O2S.C2H2O4/c1-2-29-25-11-7-6-10-23(25)24-18-22(12-13-26(24)29)19-27-14-16-28(17-15-27)32(30,31)20-21-8-4-3-5-9-21;3-1(4)2(5)6/h3-13,18H,2,14-17,19-20H2,1H3;(H,3,4)(H,5,6). The molecule has 9 nitrogen and oxygen atoms in total. The molecule has 38 heavy (non-hydrogen) atoms. The van der Waals surface area contributed by atoms with Gasteiger partial charge in [-0.2, -0.15) is 4.31 Å². The molecule has 0 saturated carbocycles. The number of nitrogens with zero attached hydrogens (tertiary/aromatic N) is 3. The summed E-state index contributed by atoms with van der Waals surface area (Å²) in [6, 6.07) is 24.8. The van der Waals surface area contributed by atoms with Crippen molar-refractivity contribution in [3.05, 3.63) is 83.9 Å². The molecule has 0 unspecified atom stereocenters. The molecule has 0 amide bonds. The van der Waals surface area contributed by atoms with Crippen molar-refractivity contribution in [2.24, 2.45) is 0 Å². The summed E-state index contributed by atoms with van der Waals surface area (Å²) in [5.74, 6) is -3.57. The fraction of sp³-hybridized carbons (Fsp3) is 0.286. The summed E-state index contributed by atoms with van der Waals surface area (Å²) in [4.78, 5) is 20.6. The maximum atomic E-state index is 12.8. The molecule has 2 N–H and O–H groups in total. The van der Waals surface area contributed by atoms with Gasteiger partial charge in [-0.25, -0.2) is 18.0 Å². The summed E-state index contributed by atoms with van der Waals surface area (Å²) < 4.78 is 29.7. The molecular weight excluding hydrogens is 506 g/mol. The molecule has 3 aromatic carbocycles. The Morgan fingerprint density at radius 3 is 2.00 bits per heavy atom. The Balaban J connectivity index is 0.000000505. The maximum absolute atomic E-state index is 12.8. The van der Waals surface area contributed by atoms with Gasteiger partial charge in [-0.05, 0) is 36.2 Å². The average molecular weight is 538 g/mol. The first-order valence-corrected chi connectivity index (χ1v) is 14.0. The minimum absolute atomic E-state index is 0.0754. The lowest BCUT2D eigenvalue weighted by atomic mass is 10.1. The second-order valence-electron chi connectivity index (χ2n) is 9.14. The third-order valence-corrected chi connectivity index (χ3v) is 8.51. The summed E-state index contributed by atoms with van der Waals surface area (Å²) in [5, 5.41) is 17.4. The van der Waals surface area contributed by atoms with Gasteiger partial charge in [0.25, 0.3) is 0 Å². The number of carbonyl (C=O) groups is 2. The number of rotatable bonds is 6. The molecule has 0 atom stereocenters. The van der Waals surface area contributed by atoms with Gasteiger partial charge in [0.2, 0.25) is 10.0 Å². The third-order valence-electron chi connectivity index (χ3n) is 6.66. The zero-order chi connectivity index (χ0) is 27.3. The Bertz CT molecular complexity index is 1530. The van der Waals surface area contributed by atoms with Crippen LogP contribution in [0.2, 0.25) is 0 Å². The van der Waals surface area contributed by atoms with E-state index in [9.17, 15) is 8.42 Å². The van der Waals surface area contributed by atoms with E-state index in [0.717, 1.165) is 31.7 Å². The lowest BCUT2D eigenvalue weighted by Gasteiger charge is -2.34. The molecule has 0 spiro atoms. The molecule has 0 bridgehead atoms. The van der Waals surface area contributed by atoms with Crippen LogP contribution in [0.5, 0.6) is 0 Å². The highest BCUT2D eigenvalue weighted by atomic mass is 32.2. The van der Waals surface area contributed by atoms with E-state index < -0.39 is 22.0 Å². The SMILES string of the molecule is CCn1c2ccccc2c2cc(CN3CCN(S(=O)(=O)Cc4ccccc4)CC3)ccc21.O=C(O)C(=O)O. The highest BCUT2D eigenvalue weighted by molar-refractivity contribution is 7.88. The fourth-order valence-corrected chi connectivity index (χ4v) is 6.36. The van der Waals surface area contributed by atoms with E-state index in [1.54, 1.807) is 4.31 Å². The van der Waals surface area contributed by atoms with E-state index in [-0.39, 0.29) is 5.75 Å². The minimum Gasteiger partial charge on any atom is -0.473 e. The van der Waals surface area contributed by atoms with E-state index in [1.807, 2.05) is 30.3 Å². The van der Waals surface area contributed by atoms with Crippen LogP contribution in [-0.2, 0) is 38.5 Å². The number of fused-ring (bicyclic) bond motifs is 3. The van der Waals surface area contributed by atoms with Crippen molar-refractivity contribution < 1.29 is 28.2 Å². The van der Waals surface area contributed by atoms with Crippen molar-refractivity contribution in [3.8, 4) is 0 Å². The number of aromatic nitrogens is 1. The topological polar surface area (TPSA) is 120 Å². The average Bonchev–Trinajstić information content (AvgIpc) is 3.22. The second-order valence-corrected chi connectivity index (χ2v) is 11.1. The Kier molecular flexibility index (Phi) is 8.45. The van der Waals surface area contributed by atoms with Gasteiger partial charge in [0.1, 0.15) is 0 Å². The van der Waals surface area contributed by atoms with Crippen LogP contribution in [0.25, 0.3) is 21.8 Å². The number of sulfonamides is 1. The number of para-hydroxylation sites is 1. The first kappa shape index (κ1) is 27.3. The van der Waals surface area contributed by atoms with Crippen LogP contribution in [-0.4, -0.2) is 70.5 Å². The Labute approximate surface area is 221 Å². The van der Waals surface area contributed by atoms with Crippen LogP contribution >= 0.6 is 0 Å². The molecule has 0 radical (unpaired) electrons. The molecule has 1 aliphatic rings. The van der Waals surface area contributed by atoms with Crippen molar-refractivity contribution in [2.45, 2.75) is 25.8 Å². The van der Waals surface area contributed by atoms with Gasteiger partial charge in [-0.3, -0.25) is 4.90 Å². The van der Waals surface area contributed by atoms with Gasteiger partial charge < -0.3 is 14.8 Å². The number of carboxylic acids is 2. The molecule has 1 saturated heterocycles. The summed E-state index contributed by atoms with van der Waals surface area (Å²) in [7, 11) is -3.28. The number of aryl methyl sites for hydroxylation is 1. The van der Waals surface area contributed by atoms with Gasteiger partial charge in [0.05, 0.1) is 5.75 Å². The van der Waals surface area contributed by atoms with Crippen molar-refractivity contribution >= 4 is 43.8 Å². The van der Waals surface area contributed by atoms with Gasteiger partial charge in [0.15, 0.2) is 0 Å². The smallest absolute Gasteiger partial charge is 0.414 e. The Morgan fingerprint density at radius 1 is 0.763 bits per heavy atom. The van der Waals surface area contributed by atoms with Gasteiger partial charge in [-0.15, -0.1) is 0 Å². The van der Waals surface area contributed by atoms with Crippen LogP contribution < -0.4 is 0 Å². The van der Waals surface area contributed by atoms with Gasteiger partial charge >= 0.3 is 11.9 Å². The molecule has 2 heterocycles. The number of piperazine rings is 1. The first-order chi connectivity index (χ1) is 18.2. The van der Waals surface area contributed by atoms with Crippen LogP contribution in [0.4, 0.5) is 0 Å². The van der Waals surface area contributed by atoms with Crippen molar-refractivity contribution in [1.29, 1.82) is 0 Å². The molecular formula is C28H31N3O6S. The fourth-order valence-electron chi connectivity index (χ4n) is 4.84. The van der Waals surface area contributed by atoms with E-state index in [2.05, 4.69) is 58.9 Å². The lowest BCUT2D eigenvalue weighted by molar-refractivity contribution is -0.159. The zero-order valence-electron chi connectivity index (χ0n) is 21.2. The Hall–Kier alpha value is -3.73. The van der Waals surface area contributed by atoms with Crippen molar-refractivity contribution in [1.82, 2.24) is 13.8 Å².